The van der Waals surface area contributed by atoms with Gasteiger partial charge in [0.05, 0.1) is 0 Å². The first-order chi connectivity index (χ1) is 8.27. The third-order valence-corrected chi connectivity index (χ3v) is 2.82. The molecule has 0 spiro atoms. The maximum Gasteiger partial charge on any atom is 0.123 e. The van der Waals surface area contributed by atoms with Gasteiger partial charge in [0.1, 0.15) is 12.4 Å². The van der Waals surface area contributed by atoms with E-state index in [1.807, 2.05) is 24.3 Å². The molecule has 0 saturated heterocycles. The van der Waals surface area contributed by atoms with E-state index in [4.69, 9.17) is 10.5 Å². The van der Waals surface area contributed by atoms with Crippen molar-refractivity contribution in [2.45, 2.75) is 26.3 Å². The molecule has 0 bridgehead atoms. The highest BCUT2D eigenvalue weighted by Crippen LogP contribution is 2.16. The second-order valence-electron chi connectivity index (χ2n) is 4.32. The summed E-state index contributed by atoms with van der Waals surface area (Å²) in [7, 11) is 2.13. The van der Waals surface area contributed by atoms with Gasteiger partial charge in [-0.3, -0.25) is 0 Å². The number of hydrogen-bond acceptors (Lipinski definition) is 3. The van der Waals surface area contributed by atoms with E-state index in [0.29, 0.717) is 6.54 Å². The van der Waals surface area contributed by atoms with Crippen LogP contribution in [0.15, 0.2) is 24.3 Å². The average Bonchev–Trinajstić information content (AvgIpc) is 2.37. The van der Waals surface area contributed by atoms with Crippen LogP contribution < -0.4 is 10.5 Å². The summed E-state index contributed by atoms with van der Waals surface area (Å²) in [4.78, 5) is 2.30. The largest absolute Gasteiger partial charge is 0.492 e. The Bertz CT molecular complexity index is 315. The molecule has 0 atom stereocenters. The van der Waals surface area contributed by atoms with Crippen LogP contribution in [0.3, 0.4) is 0 Å². The van der Waals surface area contributed by atoms with Crippen LogP contribution in [0.4, 0.5) is 0 Å². The Morgan fingerprint density at radius 3 is 2.71 bits per heavy atom. The molecule has 0 unspecified atom stereocenters. The van der Waals surface area contributed by atoms with Crippen LogP contribution in [-0.4, -0.2) is 31.6 Å². The van der Waals surface area contributed by atoms with Gasteiger partial charge < -0.3 is 15.4 Å². The van der Waals surface area contributed by atoms with Gasteiger partial charge in [0, 0.05) is 18.7 Å². The molecule has 0 amide bonds. The molecule has 0 fully saturated rings. The molecule has 17 heavy (non-hydrogen) atoms. The Morgan fingerprint density at radius 1 is 1.24 bits per heavy atom. The van der Waals surface area contributed by atoms with E-state index in [9.17, 15) is 0 Å². The van der Waals surface area contributed by atoms with E-state index in [1.165, 1.54) is 12.8 Å². The van der Waals surface area contributed by atoms with Gasteiger partial charge in [-0.2, -0.15) is 0 Å². The second kappa shape index (κ2) is 8.09. The molecule has 2 N–H and O–H groups in total. The number of nitrogens with two attached hydrogens (primary N) is 1. The lowest BCUT2D eigenvalue weighted by Crippen LogP contribution is -2.25. The van der Waals surface area contributed by atoms with Gasteiger partial charge in [0.2, 0.25) is 0 Å². The normalized spacial score (nSPS) is 10.8. The lowest BCUT2D eigenvalue weighted by atomic mass is 10.2. The first kappa shape index (κ1) is 14.0. The van der Waals surface area contributed by atoms with Crippen molar-refractivity contribution < 1.29 is 4.74 Å². The summed E-state index contributed by atoms with van der Waals surface area (Å²) in [5.41, 5.74) is 6.73. The number of unbranched alkanes of at least 4 members (excludes halogenated alkanes) is 1. The van der Waals surface area contributed by atoms with Crippen LogP contribution in [-0.2, 0) is 6.54 Å². The molecule has 0 radical (unpaired) electrons. The first-order valence-electron chi connectivity index (χ1n) is 6.37. The van der Waals surface area contributed by atoms with Crippen molar-refractivity contribution in [1.82, 2.24) is 4.90 Å². The molecule has 0 aliphatic carbocycles. The fourth-order valence-corrected chi connectivity index (χ4v) is 1.66. The zero-order valence-corrected chi connectivity index (χ0v) is 11.0. The monoisotopic (exact) mass is 236 g/mol. The van der Waals surface area contributed by atoms with Crippen LogP contribution in [0, 0.1) is 0 Å². The maximum atomic E-state index is 5.76. The van der Waals surface area contributed by atoms with E-state index in [0.717, 1.165) is 31.0 Å². The predicted octanol–water partition coefficient (Wildman–Crippen LogP) is 2.26. The van der Waals surface area contributed by atoms with Crippen molar-refractivity contribution in [3.63, 3.8) is 0 Å². The summed E-state index contributed by atoms with van der Waals surface area (Å²) in [6.45, 7) is 5.55. The Kier molecular flexibility index (Phi) is 6.67. The van der Waals surface area contributed by atoms with Gasteiger partial charge in [-0.05, 0) is 26.1 Å². The van der Waals surface area contributed by atoms with E-state index >= 15 is 0 Å². The molecular formula is C14H24N2O. The Hall–Kier alpha value is -1.06. The molecule has 3 nitrogen and oxygen atoms in total. The predicted molar refractivity (Wildman–Crippen MR) is 72.2 cm³/mol. The van der Waals surface area contributed by atoms with Gasteiger partial charge in [-0.15, -0.1) is 0 Å². The second-order valence-corrected chi connectivity index (χ2v) is 4.32. The zero-order chi connectivity index (χ0) is 12.5. The molecule has 96 valence electrons. The highest BCUT2D eigenvalue weighted by molar-refractivity contribution is 5.32. The zero-order valence-electron chi connectivity index (χ0n) is 11.0. The Labute approximate surface area is 105 Å². The van der Waals surface area contributed by atoms with E-state index in [2.05, 4.69) is 18.9 Å². The number of benzene rings is 1. The number of rotatable bonds is 8. The van der Waals surface area contributed by atoms with Gasteiger partial charge in [-0.1, -0.05) is 31.5 Å². The van der Waals surface area contributed by atoms with E-state index in [-0.39, 0.29) is 0 Å². The first-order valence-corrected chi connectivity index (χ1v) is 6.37. The van der Waals surface area contributed by atoms with Crippen molar-refractivity contribution in [3.05, 3.63) is 29.8 Å². The summed E-state index contributed by atoms with van der Waals surface area (Å²) >= 11 is 0. The molecule has 1 rings (SSSR count). The van der Waals surface area contributed by atoms with E-state index < -0.39 is 0 Å². The molecule has 0 heterocycles. The van der Waals surface area contributed by atoms with Crippen molar-refractivity contribution in [3.8, 4) is 5.75 Å². The minimum atomic E-state index is 0.530. The molecule has 1 aromatic rings. The van der Waals surface area contributed by atoms with Gasteiger partial charge in [-0.25, -0.2) is 0 Å². The fourth-order valence-electron chi connectivity index (χ4n) is 1.66. The summed E-state index contributed by atoms with van der Waals surface area (Å²) in [5, 5.41) is 0. The summed E-state index contributed by atoms with van der Waals surface area (Å²) in [5.74, 6) is 0.916. The molecular weight excluding hydrogens is 212 g/mol. The highest BCUT2D eigenvalue weighted by Gasteiger charge is 2.02. The van der Waals surface area contributed by atoms with Crippen molar-refractivity contribution >= 4 is 0 Å². The molecule has 0 aliphatic rings. The molecule has 0 aromatic heterocycles. The third-order valence-electron chi connectivity index (χ3n) is 2.82. The smallest absolute Gasteiger partial charge is 0.123 e. The lowest BCUT2D eigenvalue weighted by Gasteiger charge is -2.17. The summed E-state index contributed by atoms with van der Waals surface area (Å²) in [6.07, 6.45) is 2.48. The van der Waals surface area contributed by atoms with Crippen molar-refractivity contribution in [2.75, 3.05) is 26.7 Å². The summed E-state index contributed by atoms with van der Waals surface area (Å²) < 4.78 is 5.76. The highest BCUT2D eigenvalue weighted by atomic mass is 16.5. The van der Waals surface area contributed by atoms with Crippen molar-refractivity contribution in [2.24, 2.45) is 5.73 Å². The van der Waals surface area contributed by atoms with Crippen LogP contribution in [0.1, 0.15) is 25.3 Å². The van der Waals surface area contributed by atoms with Gasteiger partial charge in [0.25, 0.3) is 0 Å². The molecule has 1 aromatic carbocycles. The Balaban J connectivity index is 2.30. The molecule has 0 aliphatic heterocycles. The lowest BCUT2D eigenvalue weighted by molar-refractivity contribution is 0.234. The van der Waals surface area contributed by atoms with Crippen molar-refractivity contribution in [1.29, 1.82) is 0 Å². The molecule has 3 heteroatoms. The van der Waals surface area contributed by atoms with Gasteiger partial charge >= 0.3 is 0 Å². The van der Waals surface area contributed by atoms with Crippen LogP contribution in [0.25, 0.3) is 0 Å². The average molecular weight is 236 g/mol. The standard InChI is InChI=1S/C14H24N2O/c1-3-4-9-16(2)10-11-17-14-8-6-5-7-13(14)12-15/h5-8H,3-4,9-12,15H2,1-2H3. The number of likely N-dealkylation sites (N-methyl/N-ethyl adjacent to an activating group) is 1. The number of nitrogens with zero attached hydrogens (tertiary/aromatic N) is 1. The Morgan fingerprint density at radius 2 is 2.00 bits per heavy atom. The van der Waals surface area contributed by atoms with Crippen LogP contribution in [0.2, 0.25) is 0 Å². The van der Waals surface area contributed by atoms with Crippen LogP contribution >= 0.6 is 0 Å². The maximum absolute atomic E-state index is 5.76. The number of ether oxygens (including phenoxy) is 1. The topological polar surface area (TPSA) is 38.5 Å². The number of hydrogen-bond donors (Lipinski definition) is 1. The minimum Gasteiger partial charge on any atom is -0.492 e. The fraction of sp³-hybridized carbons (Fsp3) is 0.571. The summed E-state index contributed by atoms with van der Waals surface area (Å²) in [6, 6.07) is 7.96. The SMILES string of the molecule is CCCCN(C)CCOc1ccccc1CN. The quantitative estimate of drug-likeness (QED) is 0.752. The van der Waals surface area contributed by atoms with E-state index in [1.54, 1.807) is 0 Å². The minimum absolute atomic E-state index is 0.530. The number of para-hydroxylation sites is 1. The molecule has 0 saturated carbocycles. The van der Waals surface area contributed by atoms with Gasteiger partial charge in [0.15, 0.2) is 0 Å². The van der Waals surface area contributed by atoms with Crippen LogP contribution in [0.5, 0.6) is 5.75 Å². The third kappa shape index (κ3) is 5.20.